The zero-order chi connectivity index (χ0) is 17.5. The number of sulfonamides is 1. The van der Waals surface area contributed by atoms with Crippen molar-refractivity contribution in [3.63, 3.8) is 0 Å². The first-order valence-corrected chi connectivity index (χ1v) is 8.50. The van der Waals surface area contributed by atoms with Crippen LogP contribution >= 0.6 is 11.6 Å². The van der Waals surface area contributed by atoms with Gasteiger partial charge in [0, 0.05) is 22.8 Å². The molecule has 0 saturated heterocycles. The van der Waals surface area contributed by atoms with Crippen LogP contribution in [0.5, 0.6) is 0 Å². The number of aromatic nitrogens is 1. The number of aromatic amines is 1. The van der Waals surface area contributed by atoms with E-state index in [1.54, 1.807) is 24.4 Å². The van der Waals surface area contributed by atoms with Gasteiger partial charge in [-0.15, -0.1) is 0 Å². The highest BCUT2D eigenvalue weighted by Crippen LogP contribution is 2.34. The van der Waals surface area contributed by atoms with Crippen molar-refractivity contribution < 1.29 is 21.6 Å². The van der Waals surface area contributed by atoms with Crippen molar-refractivity contribution in [1.29, 1.82) is 0 Å². The van der Waals surface area contributed by atoms with E-state index >= 15 is 0 Å². The predicted molar refractivity (Wildman–Crippen MR) is 85.6 cm³/mol. The molecule has 0 aliphatic rings. The Morgan fingerprint density at radius 1 is 1.04 bits per heavy atom. The quantitative estimate of drug-likeness (QED) is 0.701. The molecule has 0 aliphatic carbocycles. The topological polar surface area (TPSA) is 62.0 Å². The van der Waals surface area contributed by atoms with Crippen LogP contribution in [0.25, 0.3) is 10.9 Å². The Bertz CT molecular complexity index is 1010. The van der Waals surface area contributed by atoms with Crippen LogP contribution in [-0.4, -0.2) is 13.4 Å². The number of hydrogen-bond donors (Lipinski definition) is 2. The number of rotatable bonds is 3. The molecule has 24 heavy (non-hydrogen) atoms. The number of anilines is 1. The Balaban J connectivity index is 2.01. The molecule has 126 valence electrons. The number of halogens is 4. The van der Waals surface area contributed by atoms with Crippen LogP contribution in [0.1, 0.15) is 5.56 Å². The molecule has 0 radical (unpaired) electrons. The van der Waals surface area contributed by atoms with Crippen molar-refractivity contribution in [2.24, 2.45) is 0 Å². The van der Waals surface area contributed by atoms with Gasteiger partial charge in [0.15, 0.2) is 0 Å². The van der Waals surface area contributed by atoms with Crippen LogP contribution in [-0.2, 0) is 16.2 Å². The van der Waals surface area contributed by atoms with Gasteiger partial charge in [0.2, 0.25) is 0 Å². The highest BCUT2D eigenvalue weighted by atomic mass is 35.5. The highest BCUT2D eigenvalue weighted by molar-refractivity contribution is 7.92. The maximum absolute atomic E-state index is 12.8. The van der Waals surface area contributed by atoms with Crippen LogP contribution in [0.3, 0.4) is 0 Å². The lowest BCUT2D eigenvalue weighted by molar-refractivity contribution is -0.137. The average molecular weight is 375 g/mol. The minimum Gasteiger partial charge on any atom is -0.361 e. The first-order valence-electron chi connectivity index (χ1n) is 6.63. The zero-order valence-corrected chi connectivity index (χ0v) is 13.4. The molecule has 0 aliphatic heterocycles. The summed E-state index contributed by atoms with van der Waals surface area (Å²) < 4.78 is 65.4. The molecule has 9 heteroatoms. The molecule has 3 aromatic rings. The molecular formula is C15H10ClF3N2O2S. The summed E-state index contributed by atoms with van der Waals surface area (Å²) in [5.74, 6) is 0. The van der Waals surface area contributed by atoms with Gasteiger partial charge in [0.05, 0.1) is 10.6 Å². The predicted octanol–water partition coefficient (Wildman–Crippen LogP) is 4.64. The summed E-state index contributed by atoms with van der Waals surface area (Å²) in [5.41, 5.74) is -0.0704. The fraction of sp³-hybridized carbons (Fsp3) is 0.0667. The van der Waals surface area contributed by atoms with Gasteiger partial charge >= 0.3 is 6.18 Å². The van der Waals surface area contributed by atoms with Crippen molar-refractivity contribution in [2.45, 2.75) is 11.1 Å². The third-order valence-corrected chi connectivity index (χ3v) is 5.22. The third kappa shape index (κ3) is 3.20. The standard InChI is InChI=1S/C15H10ClF3N2O2S/c16-12-3-1-10(15(17,18)19)8-14(12)24(22,23)21-11-2-4-13-9(7-11)5-6-20-13/h1-8,20-21H. The Kier molecular flexibility index (Phi) is 3.97. The van der Waals surface area contributed by atoms with E-state index in [2.05, 4.69) is 9.71 Å². The average Bonchev–Trinajstić information content (AvgIpc) is 2.93. The van der Waals surface area contributed by atoms with E-state index in [9.17, 15) is 21.6 Å². The fourth-order valence-corrected chi connectivity index (χ4v) is 3.79. The minimum atomic E-state index is -4.67. The Morgan fingerprint density at radius 2 is 1.79 bits per heavy atom. The van der Waals surface area contributed by atoms with Crippen molar-refractivity contribution >= 4 is 38.2 Å². The lowest BCUT2D eigenvalue weighted by atomic mass is 10.2. The highest BCUT2D eigenvalue weighted by Gasteiger charge is 2.32. The summed E-state index contributed by atoms with van der Waals surface area (Å²) >= 11 is 5.78. The van der Waals surface area contributed by atoms with Crippen LogP contribution < -0.4 is 4.72 Å². The van der Waals surface area contributed by atoms with Crippen LogP contribution in [0, 0.1) is 0 Å². The molecule has 0 amide bonds. The van der Waals surface area contributed by atoms with Crippen LogP contribution in [0.4, 0.5) is 18.9 Å². The normalized spacial score (nSPS) is 12.5. The zero-order valence-electron chi connectivity index (χ0n) is 11.9. The van der Waals surface area contributed by atoms with E-state index < -0.39 is 26.7 Å². The van der Waals surface area contributed by atoms with Gasteiger partial charge in [-0.2, -0.15) is 13.2 Å². The van der Waals surface area contributed by atoms with Crippen LogP contribution in [0.15, 0.2) is 53.6 Å². The number of benzene rings is 2. The Labute approximate surface area is 140 Å². The SMILES string of the molecule is O=S(=O)(Nc1ccc2[nH]ccc2c1)c1cc(C(F)(F)F)ccc1Cl. The Hall–Kier alpha value is -2.19. The molecule has 3 rings (SSSR count). The van der Waals surface area contributed by atoms with E-state index in [1.165, 1.54) is 6.07 Å². The number of fused-ring (bicyclic) bond motifs is 1. The molecule has 0 atom stereocenters. The molecule has 1 heterocycles. The second-order valence-electron chi connectivity index (χ2n) is 5.03. The molecule has 0 bridgehead atoms. The van der Waals surface area contributed by atoms with E-state index in [0.29, 0.717) is 6.07 Å². The molecule has 4 nitrogen and oxygen atoms in total. The van der Waals surface area contributed by atoms with Crippen LogP contribution in [0.2, 0.25) is 5.02 Å². The third-order valence-electron chi connectivity index (χ3n) is 3.35. The molecule has 2 aromatic carbocycles. The summed E-state index contributed by atoms with van der Waals surface area (Å²) in [4.78, 5) is 2.32. The summed E-state index contributed by atoms with van der Waals surface area (Å²) in [5, 5.41) is 0.462. The van der Waals surface area contributed by atoms with Gasteiger partial charge in [0.25, 0.3) is 10.0 Å². The summed E-state index contributed by atoms with van der Waals surface area (Å²) in [6.07, 6.45) is -2.98. The lowest BCUT2D eigenvalue weighted by Crippen LogP contribution is -2.15. The first kappa shape index (κ1) is 16.7. The number of H-pyrrole nitrogens is 1. The molecule has 0 unspecified atom stereocenters. The van der Waals surface area contributed by atoms with E-state index in [0.717, 1.165) is 23.0 Å². The van der Waals surface area contributed by atoms with Crippen molar-refractivity contribution in [3.05, 3.63) is 59.2 Å². The van der Waals surface area contributed by atoms with Gasteiger partial charge in [-0.05, 0) is 42.5 Å². The fourth-order valence-electron chi connectivity index (χ4n) is 2.21. The molecule has 2 N–H and O–H groups in total. The summed E-state index contributed by atoms with van der Waals surface area (Å²) in [7, 11) is -4.27. The van der Waals surface area contributed by atoms with E-state index in [1.807, 2.05) is 0 Å². The van der Waals surface area contributed by atoms with Gasteiger partial charge in [-0.3, -0.25) is 4.72 Å². The summed E-state index contributed by atoms with van der Waals surface area (Å²) in [6.45, 7) is 0. The summed E-state index contributed by atoms with van der Waals surface area (Å²) in [6, 6.07) is 8.61. The molecule has 1 aromatic heterocycles. The maximum atomic E-state index is 12.8. The van der Waals surface area contributed by atoms with Crippen molar-refractivity contribution in [1.82, 2.24) is 4.98 Å². The number of alkyl halides is 3. The van der Waals surface area contributed by atoms with Crippen molar-refractivity contribution in [3.8, 4) is 0 Å². The maximum Gasteiger partial charge on any atom is 0.416 e. The minimum absolute atomic E-state index is 0.218. The molecule has 0 saturated carbocycles. The van der Waals surface area contributed by atoms with Gasteiger partial charge in [-0.1, -0.05) is 11.6 Å². The molecule has 0 fully saturated rings. The van der Waals surface area contributed by atoms with Gasteiger partial charge in [-0.25, -0.2) is 8.42 Å². The Morgan fingerprint density at radius 3 is 2.50 bits per heavy atom. The number of hydrogen-bond acceptors (Lipinski definition) is 2. The van der Waals surface area contributed by atoms with Gasteiger partial charge < -0.3 is 4.98 Å². The van der Waals surface area contributed by atoms with E-state index in [-0.39, 0.29) is 10.7 Å². The largest absolute Gasteiger partial charge is 0.416 e. The molecular weight excluding hydrogens is 365 g/mol. The molecule has 0 spiro atoms. The second-order valence-corrected chi connectivity index (χ2v) is 7.09. The first-order chi connectivity index (χ1) is 11.2. The monoisotopic (exact) mass is 374 g/mol. The lowest BCUT2D eigenvalue weighted by Gasteiger charge is -2.12. The van der Waals surface area contributed by atoms with Crippen molar-refractivity contribution in [2.75, 3.05) is 4.72 Å². The van der Waals surface area contributed by atoms with E-state index in [4.69, 9.17) is 11.6 Å². The number of nitrogens with one attached hydrogen (secondary N) is 2. The van der Waals surface area contributed by atoms with Gasteiger partial charge in [0.1, 0.15) is 4.90 Å². The smallest absolute Gasteiger partial charge is 0.361 e. The second kappa shape index (κ2) is 5.71.